The van der Waals surface area contributed by atoms with Crippen molar-refractivity contribution in [1.29, 1.82) is 0 Å². The first-order valence-electron chi connectivity index (χ1n) is 8.82. The number of amides is 1. The average Bonchev–Trinajstić information content (AvgIpc) is 3.09. The largest absolute Gasteiger partial charge is 0.291 e. The van der Waals surface area contributed by atoms with Gasteiger partial charge in [0, 0.05) is 11.9 Å². The molecule has 1 aliphatic carbocycles. The minimum atomic E-state index is -0.449. The second-order valence-corrected chi connectivity index (χ2v) is 9.02. The second-order valence-electron chi connectivity index (χ2n) is 7.14. The van der Waals surface area contributed by atoms with E-state index >= 15 is 0 Å². The van der Waals surface area contributed by atoms with E-state index in [-0.39, 0.29) is 11.3 Å². The van der Waals surface area contributed by atoms with Crippen molar-refractivity contribution in [1.82, 2.24) is 19.4 Å². The Hall–Kier alpha value is -2.00. The summed E-state index contributed by atoms with van der Waals surface area (Å²) in [6, 6.07) is 0. The molecule has 27 heavy (non-hydrogen) atoms. The molecular formula is C18H20BrN5O2S. The lowest BCUT2D eigenvalue weighted by atomic mass is 9.89. The van der Waals surface area contributed by atoms with Crippen molar-refractivity contribution in [2.45, 2.75) is 40.0 Å². The van der Waals surface area contributed by atoms with Gasteiger partial charge in [-0.2, -0.15) is 5.10 Å². The van der Waals surface area contributed by atoms with E-state index in [9.17, 15) is 9.59 Å². The Balaban J connectivity index is 1.79. The third kappa shape index (κ3) is 2.93. The number of hydrogen-bond acceptors (Lipinski definition) is 5. The van der Waals surface area contributed by atoms with Gasteiger partial charge in [0.1, 0.15) is 10.7 Å². The van der Waals surface area contributed by atoms with Gasteiger partial charge >= 0.3 is 0 Å². The molecule has 3 aromatic rings. The van der Waals surface area contributed by atoms with Gasteiger partial charge in [-0.3, -0.25) is 19.7 Å². The molecule has 0 aliphatic heterocycles. The molecule has 0 saturated carbocycles. The third-order valence-electron chi connectivity index (χ3n) is 5.19. The molecule has 3 heterocycles. The molecule has 0 spiro atoms. The standard InChI is InChI=1S/C18H20BrN5O2S/c1-8-5-6-11-12(7-8)27-17-13(11)18(26)24(10(3)20-17)22-16(25)15-14(19)9(2)23(4)21-15/h8H,5-7H2,1-4H3,(H,22,25). The minimum Gasteiger partial charge on any atom is -0.271 e. The number of nitrogens with one attached hydrogen (secondary N) is 1. The van der Waals surface area contributed by atoms with Crippen molar-refractivity contribution in [3.8, 4) is 0 Å². The van der Waals surface area contributed by atoms with Gasteiger partial charge in [0.05, 0.1) is 15.6 Å². The molecule has 3 aromatic heterocycles. The fourth-order valence-electron chi connectivity index (χ4n) is 3.50. The van der Waals surface area contributed by atoms with Crippen LogP contribution in [0.5, 0.6) is 0 Å². The van der Waals surface area contributed by atoms with Crippen LogP contribution in [-0.4, -0.2) is 25.3 Å². The van der Waals surface area contributed by atoms with Crippen molar-refractivity contribution >= 4 is 43.4 Å². The lowest BCUT2D eigenvalue weighted by molar-refractivity contribution is 0.1000. The number of hydrogen-bond donors (Lipinski definition) is 1. The van der Waals surface area contributed by atoms with Crippen molar-refractivity contribution in [2.24, 2.45) is 13.0 Å². The van der Waals surface area contributed by atoms with Gasteiger partial charge in [-0.15, -0.1) is 11.3 Å². The number of rotatable bonds is 2. The molecular weight excluding hydrogens is 430 g/mol. The molecule has 0 radical (unpaired) electrons. The fourth-order valence-corrected chi connectivity index (χ4v) is 5.44. The highest BCUT2D eigenvalue weighted by molar-refractivity contribution is 9.10. The van der Waals surface area contributed by atoms with Crippen LogP contribution in [0.25, 0.3) is 10.2 Å². The van der Waals surface area contributed by atoms with Crippen LogP contribution < -0.4 is 11.0 Å². The summed E-state index contributed by atoms with van der Waals surface area (Å²) in [5.74, 6) is 0.629. The Bertz CT molecular complexity index is 1140. The Morgan fingerprint density at radius 3 is 2.78 bits per heavy atom. The maximum absolute atomic E-state index is 13.2. The molecule has 1 amide bonds. The Labute approximate surface area is 168 Å². The van der Waals surface area contributed by atoms with Crippen LogP contribution in [0.15, 0.2) is 9.27 Å². The first kappa shape index (κ1) is 18.4. The molecule has 4 rings (SSSR count). The smallest absolute Gasteiger partial charge is 0.271 e. The van der Waals surface area contributed by atoms with Crippen LogP contribution >= 0.6 is 27.3 Å². The molecule has 1 N–H and O–H groups in total. The molecule has 0 saturated heterocycles. The number of thiophene rings is 1. The SMILES string of the molecule is Cc1c(Br)c(C(=O)Nn2c(C)nc3sc4c(c3c2=O)CCC(C)C4)nn1C. The van der Waals surface area contributed by atoms with Crippen LogP contribution in [0.1, 0.15) is 45.8 Å². The van der Waals surface area contributed by atoms with E-state index in [2.05, 4.69) is 38.4 Å². The van der Waals surface area contributed by atoms with Crippen LogP contribution in [0, 0.1) is 19.8 Å². The normalized spacial score (nSPS) is 16.6. The molecule has 7 nitrogen and oxygen atoms in total. The van der Waals surface area contributed by atoms with Gasteiger partial charge in [0.15, 0.2) is 5.69 Å². The number of aromatic nitrogens is 4. The molecule has 1 aliphatic rings. The highest BCUT2D eigenvalue weighted by Gasteiger charge is 2.25. The van der Waals surface area contributed by atoms with Gasteiger partial charge in [-0.1, -0.05) is 6.92 Å². The zero-order chi connectivity index (χ0) is 19.5. The number of nitrogens with zero attached hydrogens (tertiary/aromatic N) is 4. The highest BCUT2D eigenvalue weighted by atomic mass is 79.9. The quantitative estimate of drug-likeness (QED) is 0.651. The van der Waals surface area contributed by atoms with Gasteiger partial charge < -0.3 is 0 Å². The van der Waals surface area contributed by atoms with Crippen molar-refractivity contribution < 1.29 is 4.79 Å². The third-order valence-corrected chi connectivity index (χ3v) is 7.28. The van der Waals surface area contributed by atoms with E-state index in [1.165, 1.54) is 9.55 Å². The summed E-state index contributed by atoms with van der Waals surface area (Å²) in [6.45, 7) is 5.82. The number of halogens is 1. The molecule has 142 valence electrons. The summed E-state index contributed by atoms with van der Waals surface area (Å²) < 4.78 is 3.47. The Kier molecular flexibility index (Phi) is 4.46. The van der Waals surface area contributed by atoms with Gasteiger partial charge in [0.2, 0.25) is 0 Å². The van der Waals surface area contributed by atoms with Gasteiger partial charge in [0.25, 0.3) is 11.5 Å². The summed E-state index contributed by atoms with van der Waals surface area (Å²) in [4.78, 5) is 32.5. The summed E-state index contributed by atoms with van der Waals surface area (Å²) in [5.41, 5.74) is 4.63. The summed E-state index contributed by atoms with van der Waals surface area (Å²) in [7, 11) is 1.76. The first-order chi connectivity index (χ1) is 12.8. The van der Waals surface area contributed by atoms with Crippen molar-refractivity contribution in [2.75, 3.05) is 5.43 Å². The van der Waals surface area contributed by atoms with Crippen LogP contribution in [0.4, 0.5) is 0 Å². The molecule has 1 atom stereocenters. The summed E-state index contributed by atoms with van der Waals surface area (Å²) in [6.07, 6.45) is 2.94. The highest BCUT2D eigenvalue weighted by Crippen LogP contribution is 2.35. The number of aryl methyl sites for hydroxylation is 3. The maximum atomic E-state index is 13.2. The lowest BCUT2D eigenvalue weighted by Crippen LogP contribution is -2.36. The van der Waals surface area contributed by atoms with E-state index in [0.29, 0.717) is 21.6 Å². The number of fused-ring (bicyclic) bond motifs is 3. The predicted octanol–water partition coefficient (Wildman–Crippen LogP) is 3.08. The van der Waals surface area contributed by atoms with E-state index in [0.717, 1.165) is 35.4 Å². The average molecular weight is 450 g/mol. The first-order valence-corrected chi connectivity index (χ1v) is 10.4. The van der Waals surface area contributed by atoms with E-state index in [1.54, 1.807) is 30.0 Å². The maximum Gasteiger partial charge on any atom is 0.291 e. The molecule has 1 unspecified atom stereocenters. The van der Waals surface area contributed by atoms with Crippen LogP contribution in [0.2, 0.25) is 0 Å². The zero-order valence-corrected chi connectivity index (χ0v) is 18.0. The zero-order valence-electron chi connectivity index (χ0n) is 15.6. The molecule has 0 bridgehead atoms. The Morgan fingerprint density at radius 1 is 1.37 bits per heavy atom. The topological polar surface area (TPSA) is 81.8 Å². The van der Waals surface area contributed by atoms with E-state index in [4.69, 9.17) is 0 Å². The van der Waals surface area contributed by atoms with Crippen LogP contribution in [-0.2, 0) is 19.9 Å². The summed E-state index contributed by atoms with van der Waals surface area (Å²) >= 11 is 5.00. The molecule has 0 aromatic carbocycles. The van der Waals surface area contributed by atoms with Crippen LogP contribution in [0.3, 0.4) is 0 Å². The van der Waals surface area contributed by atoms with E-state index in [1.807, 2.05) is 6.92 Å². The fraction of sp³-hybridized carbons (Fsp3) is 0.444. The molecule has 0 fully saturated rings. The van der Waals surface area contributed by atoms with Crippen molar-refractivity contribution in [3.05, 3.63) is 42.5 Å². The number of carbonyl (C=O) groups is 1. The monoisotopic (exact) mass is 449 g/mol. The van der Waals surface area contributed by atoms with Gasteiger partial charge in [-0.25, -0.2) is 9.66 Å². The Morgan fingerprint density at radius 2 is 2.11 bits per heavy atom. The summed E-state index contributed by atoms with van der Waals surface area (Å²) in [5, 5.41) is 4.86. The van der Waals surface area contributed by atoms with E-state index < -0.39 is 5.91 Å². The predicted molar refractivity (Wildman–Crippen MR) is 109 cm³/mol. The molecule has 9 heteroatoms. The second kappa shape index (κ2) is 6.56. The van der Waals surface area contributed by atoms with Gasteiger partial charge in [-0.05, 0) is 60.5 Å². The lowest BCUT2D eigenvalue weighted by Gasteiger charge is -2.17. The minimum absolute atomic E-state index is 0.221. The number of carbonyl (C=O) groups excluding carboxylic acids is 1. The van der Waals surface area contributed by atoms with Crippen molar-refractivity contribution in [3.63, 3.8) is 0 Å².